The lowest BCUT2D eigenvalue weighted by Gasteiger charge is -2.30. The van der Waals surface area contributed by atoms with Crippen LogP contribution >= 0.6 is 12.4 Å². The first-order valence-corrected chi connectivity index (χ1v) is 6.85. The summed E-state index contributed by atoms with van der Waals surface area (Å²) >= 11 is 0. The maximum Gasteiger partial charge on any atom is 0.240 e. The number of nitrogens with zero attached hydrogens (tertiary/aromatic N) is 1. The van der Waals surface area contributed by atoms with E-state index in [1.54, 1.807) is 0 Å². The fourth-order valence-electron chi connectivity index (χ4n) is 2.54. The number of amides is 1. The summed E-state index contributed by atoms with van der Waals surface area (Å²) in [5.41, 5.74) is 2.63. The van der Waals surface area contributed by atoms with Crippen LogP contribution in [-0.2, 0) is 17.8 Å². The number of likely N-dealkylation sites (N-methyl/N-ethyl adjacent to an activating group) is 1. The van der Waals surface area contributed by atoms with Crippen LogP contribution in [0.4, 0.5) is 0 Å². The van der Waals surface area contributed by atoms with Crippen LogP contribution in [0.2, 0.25) is 0 Å². The lowest BCUT2D eigenvalue weighted by atomic mass is 9.95. The number of fused-ring (bicyclic) bond motifs is 1. The van der Waals surface area contributed by atoms with Crippen molar-refractivity contribution in [1.29, 1.82) is 0 Å². The molecule has 19 heavy (non-hydrogen) atoms. The second-order valence-electron chi connectivity index (χ2n) is 4.82. The fraction of sp³-hybridized carbons (Fsp3) is 0.533. The van der Waals surface area contributed by atoms with Crippen LogP contribution in [0, 0.1) is 0 Å². The van der Waals surface area contributed by atoms with Crippen molar-refractivity contribution in [3.63, 3.8) is 0 Å². The molecule has 1 aliphatic rings. The van der Waals surface area contributed by atoms with Crippen LogP contribution < -0.4 is 5.32 Å². The van der Waals surface area contributed by atoms with E-state index in [2.05, 4.69) is 36.5 Å². The van der Waals surface area contributed by atoms with Gasteiger partial charge in [-0.15, -0.1) is 12.4 Å². The summed E-state index contributed by atoms with van der Waals surface area (Å²) in [4.78, 5) is 14.3. The molecule has 4 heteroatoms. The maximum absolute atomic E-state index is 12.4. The minimum atomic E-state index is -0.0496. The van der Waals surface area contributed by atoms with E-state index >= 15 is 0 Å². The van der Waals surface area contributed by atoms with Gasteiger partial charge in [0.05, 0.1) is 6.04 Å². The molecule has 1 unspecified atom stereocenters. The van der Waals surface area contributed by atoms with E-state index in [1.807, 2.05) is 11.8 Å². The SMILES string of the molecule is CCCN(CC)C(=O)C1Cc2ccccc2CN1.Cl. The molecule has 1 amide bonds. The molecule has 0 saturated carbocycles. The second-order valence-corrected chi connectivity index (χ2v) is 4.82. The van der Waals surface area contributed by atoms with Crippen molar-refractivity contribution in [3.8, 4) is 0 Å². The zero-order valence-corrected chi connectivity index (χ0v) is 12.5. The Labute approximate surface area is 121 Å². The van der Waals surface area contributed by atoms with Gasteiger partial charge in [-0.05, 0) is 30.9 Å². The minimum Gasteiger partial charge on any atom is -0.342 e. The molecule has 0 fully saturated rings. The summed E-state index contributed by atoms with van der Waals surface area (Å²) in [6, 6.07) is 8.32. The normalized spacial score (nSPS) is 17.3. The van der Waals surface area contributed by atoms with E-state index in [0.29, 0.717) is 0 Å². The van der Waals surface area contributed by atoms with E-state index in [-0.39, 0.29) is 24.4 Å². The van der Waals surface area contributed by atoms with E-state index in [4.69, 9.17) is 0 Å². The van der Waals surface area contributed by atoms with Crippen molar-refractivity contribution in [2.45, 2.75) is 39.3 Å². The Morgan fingerprint density at radius 2 is 2.00 bits per heavy atom. The lowest BCUT2D eigenvalue weighted by molar-refractivity contribution is -0.133. The highest BCUT2D eigenvalue weighted by Gasteiger charge is 2.26. The van der Waals surface area contributed by atoms with Crippen molar-refractivity contribution in [3.05, 3.63) is 35.4 Å². The fourth-order valence-corrected chi connectivity index (χ4v) is 2.54. The summed E-state index contributed by atoms with van der Waals surface area (Å²) in [5.74, 6) is 0.244. The summed E-state index contributed by atoms with van der Waals surface area (Å²) in [6.07, 6.45) is 1.83. The molecular formula is C15H23ClN2O. The van der Waals surface area contributed by atoms with Gasteiger partial charge in [-0.25, -0.2) is 0 Å². The van der Waals surface area contributed by atoms with Crippen molar-refractivity contribution in [1.82, 2.24) is 10.2 Å². The number of hydrogen-bond donors (Lipinski definition) is 1. The Morgan fingerprint density at radius 3 is 2.63 bits per heavy atom. The zero-order valence-electron chi connectivity index (χ0n) is 11.7. The predicted molar refractivity (Wildman–Crippen MR) is 80.6 cm³/mol. The molecule has 1 heterocycles. The number of halogens is 1. The van der Waals surface area contributed by atoms with Crippen LogP contribution in [0.3, 0.4) is 0 Å². The second kappa shape index (κ2) is 7.51. The van der Waals surface area contributed by atoms with Gasteiger partial charge in [-0.3, -0.25) is 4.79 Å². The summed E-state index contributed by atoms with van der Waals surface area (Å²) in [6.45, 7) is 6.61. The zero-order chi connectivity index (χ0) is 13.0. The molecule has 0 aromatic heterocycles. The first-order chi connectivity index (χ1) is 8.76. The quantitative estimate of drug-likeness (QED) is 0.920. The van der Waals surface area contributed by atoms with Crippen LogP contribution in [0.25, 0.3) is 0 Å². The topological polar surface area (TPSA) is 32.3 Å². The van der Waals surface area contributed by atoms with Gasteiger partial charge >= 0.3 is 0 Å². The molecule has 1 aromatic rings. The third-order valence-corrected chi connectivity index (χ3v) is 3.57. The lowest BCUT2D eigenvalue weighted by Crippen LogP contribution is -2.49. The van der Waals surface area contributed by atoms with E-state index < -0.39 is 0 Å². The first-order valence-electron chi connectivity index (χ1n) is 6.85. The minimum absolute atomic E-state index is 0. The highest BCUT2D eigenvalue weighted by atomic mass is 35.5. The number of hydrogen-bond acceptors (Lipinski definition) is 2. The average molecular weight is 283 g/mol. The van der Waals surface area contributed by atoms with Gasteiger partial charge in [0, 0.05) is 19.6 Å². The number of benzene rings is 1. The molecule has 0 radical (unpaired) electrons. The van der Waals surface area contributed by atoms with Gasteiger partial charge in [-0.1, -0.05) is 31.2 Å². The Kier molecular flexibility index (Phi) is 6.32. The number of nitrogens with one attached hydrogen (secondary N) is 1. The van der Waals surface area contributed by atoms with Gasteiger partial charge in [0.2, 0.25) is 5.91 Å². The van der Waals surface area contributed by atoms with Crippen molar-refractivity contribution in [2.75, 3.05) is 13.1 Å². The number of rotatable bonds is 4. The molecule has 0 aliphatic carbocycles. The smallest absolute Gasteiger partial charge is 0.240 e. The highest BCUT2D eigenvalue weighted by Crippen LogP contribution is 2.17. The van der Waals surface area contributed by atoms with Gasteiger partial charge in [0.25, 0.3) is 0 Å². The number of carbonyl (C=O) groups is 1. The molecule has 1 N–H and O–H groups in total. The van der Waals surface area contributed by atoms with Gasteiger partial charge < -0.3 is 10.2 Å². The summed E-state index contributed by atoms with van der Waals surface area (Å²) < 4.78 is 0. The highest BCUT2D eigenvalue weighted by molar-refractivity contribution is 5.85. The Morgan fingerprint density at radius 1 is 1.32 bits per heavy atom. The van der Waals surface area contributed by atoms with Crippen molar-refractivity contribution < 1.29 is 4.79 Å². The molecule has 3 nitrogen and oxygen atoms in total. The van der Waals surface area contributed by atoms with Crippen LogP contribution in [-0.4, -0.2) is 29.9 Å². The molecule has 0 saturated heterocycles. The van der Waals surface area contributed by atoms with E-state index in [9.17, 15) is 4.79 Å². The molecule has 106 valence electrons. The largest absolute Gasteiger partial charge is 0.342 e. The molecule has 1 aromatic carbocycles. The monoisotopic (exact) mass is 282 g/mol. The van der Waals surface area contributed by atoms with E-state index in [0.717, 1.165) is 32.5 Å². The molecule has 0 spiro atoms. The van der Waals surface area contributed by atoms with Gasteiger partial charge in [0.1, 0.15) is 0 Å². The Hall–Kier alpha value is -1.06. The summed E-state index contributed by atoms with van der Waals surface area (Å²) in [5, 5.41) is 3.36. The van der Waals surface area contributed by atoms with Crippen LogP contribution in [0.1, 0.15) is 31.4 Å². The van der Waals surface area contributed by atoms with Crippen LogP contribution in [0.5, 0.6) is 0 Å². The third kappa shape index (κ3) is 3.71. The standard InChI is InChI=1S/C15H22N2O.ClH/c1-3-9-17(4-2)15(18)14-10-12-7-5-6-8-13(12)11-16-14;/h5-8,14,16H,3-4,9-11H2,1-2H3;1H. The average Bonchev–Trinajstić information content (AvgIpc) is 2.43. The van der Waals surface area contributed by atoms with Gasteiger partial charge in [-0.2, -0.15) is 0 Å². The third-order valence-electron chi connectivity index (χ3n) is 3.57. The molecule has 0 bridgehead atoms. The van der Waals surface area contributed by atoms with E-state index in [1.165, 1.54) is 11.1 Å². The maximum atomic E-state index is 12.4. The molecular weight excluding hydrogens is 260 g/mol. The Bertz CT molecular complexity index is 422. The first kappa shape index (κ1) is 16.0. The van der Waals surface area contributed by atoms with Gasteiger partial charge in [0.15, 0.2) is 0 Å². The molecule has 2 rings (SSSR count). The summed E-state index contributed by atoms with van der Waals surface area (Å²) in [7, 11) is 0. The van der Waals surface area contributed by atoms with Crippen molar-refractivity contribution in [2.24, 2.45) is 0 Å². The van der Waals surface area contributed by atoms with Crippen LogP contribution in [0.15, 0.2) is 24.3 Å². The number of carbonyl (C=O) groups excluding carboxylic acids is 1. The predicted octanol–water partition coefficient (Wildman–Crippen LogP) is 2.38. The Balaban J connectivity index is 0.00000180. The molecule has 1 atom stereocenters. The van der Waals surface area contributed by atoms with Crippen molar-refractivity contribution >= 4 is 18.3 Å². The molecule has 1 aliphatic heterocycles.